The van der Waals surface area contributed by atoms with Crippen LogP contribution in [0.5, 0.6) is 0 Å². The molecule has 8 atom stereocenters. The lowest BCUT2D eigenvalue weighted by atomic mass is 9.87. The standard InChI is InChI=1S/C42H75O14P/c1-3-5-7-8-9-10-11-12-13-14-15-16-21-25-40(47)52-32-36(33-54-57(50,51)53-31-35(45)30-43)55-41(48)26-22-18-17-20-24-37-38(46)29-42(49)56-39(37)28-27-34(44)23-19-6-4-2/h10-11,17,20,27-28,34-39,42-46,49H,3-9,12-16,18-19,21-26,29-33H2,1-2H3,(H,50,51)/b11-10-,20-17-,28-27+/t34-,35-,36+,37-,38-,39+,42?/m0/s1. The summed E-state index contributed by atoms with van der Waals surface area (Å²) in [7, 11) is -4.70. The minimum Gasteiger partial charge on any atom is -0.462 e. The molecule has 6 N–H and O–H groups in total. The Morgan fingerprint density at radius 2 is 1.37 bits per heavy atom. The number of carbonyl (C=O) groups is 2. The van der Waals surface area contributed by atoms with E-state index in [4.69, 9.17) is 23.8 Å². The summed E-state index contributed by atoms with van der Waals surface area (Å²) in [4.78, 5) is 35.1. The summed E-state index contributed by atoms with van der Waals surface area (Å²) in [5.74, 6) is -1.47. The van der Waals surface area contributed by atoms with Crippen molar-refractivity contribution in [3.63, 3.8) is 0 Å². The van der Waals surface area contributed by atoms with Gasteiger partial charge in [-0.05, 0) is 57.8 Å². The number of esters is 2. The van der Waals surface area contributed by atoms with Crippen molar-refractivity contribution >= 4 is 19.8 Å². The fourth-order valence-corrected chi connectivity index (χ4v) is 6.93. The first-order valence-corrected chi connectivity index (χ1v) is 22.8. The van der Waals surface area contributed by atoms with E-state index in [9.17, 15) is 39.5 Å². The van der Waals surface area contributed by atoms with Crippen LogP contribution in [-0.2, 0) is 37.4 Å². The second-order valence-corrected chi connectivity index (χ2v) is 16.3. The number of unbranched alkanes of at least 4 members (excludes halogenated alkanes) is 12. The molecule has 0 aliphatic carbocycles. The summed E-state index contributed by atoms with van der Waals surface area (Å²) in [6.45, 7) is 1.92. The van der Waals surface area contributed by atoms with E-state index in [1.807, 2.05) is 12.2 Å². The third-order valence-electron chi connectivity index (χ3n) is 9.56. The van der Waals surface area contributed by atoms with Crippen molar-refractivity contribution in [2.45, 2.75) is 185 Å². The highest BCUT2D eigenvalue weighted by Gasteiger charge is 2.35. The first kappa shape index (κ1) is 53.0. The smallest absolute Gasteiger partial charge is 0.462 e. The van der Waals surface area contributed by atoms with Gasteiger partial charge >= 0.3 is 19.8 Å². The van der Waals surface area contributed by atoms with Gasteiger partial charge in [0.2, 0.25) is 0 Å². The first-order valence-electron chi connectivity index (χ1n) is 21.3. The van der Waals surface area contributed by atoms with Crippen LogP contribution in [0.1, 0.15) is 149 Å². The van der Waals surface area contributed by atoms with E-state index >= 15 is 0 Å². The predicted octanol–water partition coefficient (Wildman–Crippen LogP) is 6.88. The molecule has 0 saturated carbocycles. The highest BCUT2D eigenvalue weighted by Crippen LogP contribution is 2.43. The van der Waals surface area contributed by atoms with Crippen LogP contribution in [0.15, 0.2) is 36.5 Å². The van der Waals surface area contributed by atoms with Crippen molar-refractivity contribution < 1.29 is 67.8 Å². The van der Waals surface area contributed by atoms with E-state index in [0.29, 0.717) is 32.1 Å². The maximum Gasteiger partial charge on any atom is 0.472 e. The molecule has 0 amide bonds. The van der Waals surface area contributed by atoms with Crippen LogP contribution < -0.4 is 0 Å². The first-order chi connectivity index (χ1) is 27.4. The molecule has 0 aromatic carbocycles. The van der Waals surface area contributed by atoms with Gasteiger partial charge in [0.15, 0.2) is 12.4 Å². The third-order valence-corrected chi connectivity index (χ3v) is 10.5. The van der Waals surface area contributed by atoms with Gasteiger partial charge in [0.25, 0.3) is 0 Å². The number of hydrogen-bond acceptors (Lipinski definition) is 13. The van der Waals surface area contributed by atoms with Gasteiger partial charge in [0.1, 0.15) is 12.7 Å². The van der Waals surface area contributed by atoms with Gasteiger partial charge in [0, 0.05) is 25.2 Å². The molecular formula is C42H75O14P. The number of rotatable bonds is 35. The maximum absolute atomic E-state index is 12.7. The second-order valence-electron chi connectivity index (χ2n) is 14.9. The largest absolute Gasteiger partial charge is 0.472 e. The van der Waals surface area contributed by atoms with Crippen molar-refractivity contribution in [3.8, 4) is 0 Å². The molecule has 0 aromatic rings. The summed E-state index contributed by atoms with van der Waals surface area (Å²) >= 11 is 0. The van der Waals surface area contributed by atoms with E-state index in [0.717, 1.165) is 57.8 Å². The summed E-state index contributed by atoms with van der Waals surface area (Å²) in [6.07, 6.45) is 23.0. The number of aliphatic hydroxyl groups excluding tert-OH is 5. The Morgan fingerprint density at radius 1 is 0.772 bits per heavy atom. The Balaban J connectivity index is 2.55. The van der Waals surface area contributed by atoms with Gasteiger partial charge in [-0.3, -0.25) is 18.6 Å². The lowest BCUT2D eigenvalue weighted by Crippen LogP contribution is -2.43. The molecule has 0 bridgehead atoms. The van der Waals surface area contributed by atoms with Crippen LogP contribution in [0, 0.1) is 5.92 Å². The van der Waals surface area contributed by atoms with Crippen LogP contribution >= 0.6 is 7.82 Å². The van der Waals surface area contributed by atoms with Crippen LogP contribution in [0.4, 0.5) is 0 Å². The molecule has 15 heteroatoms. The summed E-state index contributed by atoms with van der Waals surface area (Å²) in [6, 6.07) is 0. The molecule has 1 heterocycles. The fourth-order valence-electron chi connectivity index (χ4n) is 6.14. The monoisotopic (exact) mass is 834 g/mol. The zero-order chi connectivity index (χ0) is 42.2. The van der Waals surface area contributed by atoms with Gasteiger partial charge in [-0.25, -0.2) is 4.57 Å². The van der Waals surface area contributed by atoms with E-state index < -0.39 is 83.0 Å². The minimum absolute atomic E-state index is 0.0118. The molecule has 1 aliphatic heterocycles. The quantitative estimate of drug-likeness (QED) is 0.0166. The van der Waals surface area contributed by atoms with E-state index in [1.165, 1.54) is 25.7 Å². The molecule has 1 rings (SSSR count). The number of ether oxygens (including phenoxy) is 3. The number of hydrogen-bond donors (Lipinski definition) is 6. The SMILES string of the molecule is CCCCCC/C=C\CCCCCCCC(=O)OC[C@H](COP(=O)(O)OC[C@@H](O)CO)OC(=O)CCC/C=C\C[C@H]1[C@@H](O)CC(O)O[C@@H]1/C=C/[C@@H](O)CCCCC. The van der Waals surface area contributed by atoms with Crippen LogP contribution in [0.25, 0.3) is 0 Å². The van der Waals surface area contributed by atoms with E-state index in [1.54, 1.807) is 12.2 Å². The molecule has 1 aliphatic rings. The normalized spacial score (nSPS) is 21.5. The second kappa shape index (κ2) is 33.8. The van der Waals surface area contributed by atoms with Gasteiger partial charge in [-0.15, -0.1) is 0 Å². The van der Waals surface area contributed by atoms with Crippen LogP contribution in [-0.4, -0.2) is 106 Å². The Labute approximate surface area is 341 Å². The summed E-state index contributed by atoms with van der Waals surface area (Å²) < 4.78 is 38.3. The molecule has 14 nitrogen and oxygen atoms in total. The lowest BCUT2D eigenvalue weighted by molar-refractivity contribution is -0.199. The Morgan fingerprint density at radius 3 is 2.07 bits per heavy atom. The van der Waals surface area contributed by atoms with Crippen molar-refractivity contribution in [3.05, 3.63) is 36.5 Å². The molecule has 2 unspecified atom stereocenters. The third kappa shape index (κ3) is 29.0. The minimum atomic E-state index is -4.70. The number of carbonyl (C=O) groups excluding carboxylic acids is 2. The number of allylic oxidation sites excluding steroid dienone is 4. The number of aliphatic hydroxyl groups is 5. The zero-order valence-corrected chi connectivity index (χ0v) is 35.5. The summed E-state index contributed by atoms with van der Waals surface area (Å²) in [5, 5.41) is 49.3. The van der Waals surface area contributed by atoms with Crippen molar-refractivity contribution in [2.75, 3.05) is 26.4 Å². The predicted molar refractivity (Wildman–Crippen MR) is 218 cm³/mol. The molecule has 332 valence electrons. The van der Waals surface area contributed by atoms with Gasteiger partial charge in [-0.1, -0.05) is 108 Å². The molecule has 0 radical (unpaired) electrons. The number of phosphoric ester groups is 1. The van der Waals surface area contributed by atoms with E-state index in [2.05, 4.69) is 30.5 Å². The molecule has 0 spiro atoms. The maximum atomic E-state index is 12.7. The molecule has 57 heavy (non-hydrogen) atoms. The lowest BCUT2D eigenvalue weighted by Gasteiger charge is -2.36. The molecule has 0 aromatic heterocycles. The van der Waals surface area contributed by atoms with Crippen LogP contribution in [0.2, 0.25) is 0 Å². The Bertz CT molecular complexity index is 1160. The van der Waals surface area contributed by atoms with Crippen molar-refractivity contribution in [2.24, 2.45) is 5.92 Å². The van der Waals surface area contributed by atoms with Gasteiger partial charge < -0.3 is 44.6 Å². The molecular weight excluding hydrogens is 759 g/mol. The highest BCUT2D eigenvalue weighted by atomic mass is 31.2. The van der Waals surface area contributed by atoms with Gasteiger partial charge in [0.05, 0.1) is 38.1 Å². The number of phosphoric acid groups is 1. The Kier molecular flexibility index (Phi) is 31.5. The zero-order valence-electron chi connectivity index (χ0n) is 34.6. The topological polar surface area (TPSA) is 219 Å². The molecule has 1 saturated heterocycles. The van der Waals surface area contributed by atoms with Crippen LogP contribution in [0.3, 0.4) is 0 Å². The fraction of sp³-hybridized carbons (Fsp3) is 0.810. The van der Waals surface area contributed by atoms with Crippen molar-refractivity contribution in [1.82, 2.24) is 0 Å². The van der Waals surface area contributed by atoms with E-state index in [-0.39, 0.29) is 25.2 Å². The average Bonchev–Trinajstić information content (AvgIpc) is 3.18. The summed E-state index contributed by atoms with van der Waals surface area (Å²) in [5.41, 5.74) is 0. The van der Waals surface area contributed by atoms with Crippen molar-refractivity contribution in [1.29, 1.82) is 0 Å². The highest BCUT2D eigenvalue weighted by molar-refractivity contribution is 7.47. The molecule has 1 fully saturated rings. The van der Waals surface area contributed by atoms with Gasteiger partial charge in [-0.2, -0.15) is 0 Å². The average molecular weight is 835 g/mol. The Hall–Kier alpha value is -1.97.